The maximum Gasteiger partial charge on any atom is 0.347 e. The third-order valence-corrected chi connectivity index (χ3v) is 2.60. The average molecular weight is 270 g/mol. The van der Waals surface area contributed by atoms with Gasteiger partial charge in [0.05, 0.1) is 12.0 Å². The zero-order chi connectivity index (χ0) is 14.6. The highest BCUT2D eigenvalue weighted by Crippen LogP contribution is 2.21. The normalized spacial score (nSPS) is 18.7. The highest BCUT2D eigenvalue weighted by Gasteiger charge is 2.37. The number of esters is 3. The molecule has 1 aliphatic heterocycles. The lowest BCUT2D eigenvalue weighted by atomic mass is 9.95. The molecule has 0 aromatic heterocycles. The van der Waals surface area contributed by atoms with Crippen molar-refractivity contribution in [1.29, 1.82) is 0 Å². The summed E-state index contributed by atoms with van der Waals surface area (Å²) >= 11 is 0. The number of carbonyl (C=O) groups is 3. The van der Waals surface area contributed by atoms with Gasteiger partial charge in [-0.15, -0.1) is 0 Å². The molecule has 0 aromatic carbocycles. The first-order valence-electron chi connectivity index (χ1n) is 5.94. The van der Waals surface area contributed by atoms with Gasteiger partial charge in [-0.1, -0.05) is 6.58 Å². The molecule has 0 spiro atoms. The van der Waals surface area contributed by atoms with Crippen LogP contribution in [0, 0.1) is 5.41 Å². The first-order chi connectivity index (χ1) is 8.74. The molecule has 19 heavy (non-hydrogen) atoms. The Bertz CT molecular complexity index is 409. The van der Waals surface area contributed by atoms with Crippen molar-refractivity contribution in [3.63, 3.8) is 0 Å². The van der Waals surface area contributed by atoms with Crippen molar-refractivity contribution in [2.75, 3.05) is 13.2 Å². The van der Waals surface area contributed by atoms with E-state index in [-0.39, 0.29) is 18.8 Å². The van der Waals surface area contributed by atoms with Gasteiger partial charge in [0, 0.05) is 12.0 Å². The van der Waals surface area contributed by atoms with Crippen LogP contribution in [0.4, 0.5) is 0 Å². The van der Waals surface area contributed by atoms with E-state index in [0.29, 0.717) is 6.42 Å². The van der Waals surface area contributed by atoms with E-state index in [2.05, 4.69) is 6.58 Å². The fourth-order valence-electron chi connectivity index (χ4n) is 1.30. The Kier molecular flexibility index (Phi) is 4.69. The number of carbonyl (C=O) groups excluding carboxylic acids is 3. The van der Waals surface area contributed by atoms with E-state index in [9.17, 15) is 14.4 Å². The van der Waals surface area contributed by atoms with Gasteiger partial charge in [-0.25, -0.2) is 9.59 Å². The molecule has 1 atom stereocenters. The van der Waals surface area contributed by atoms with Crippen LogP contribution in [0.1, 0.15) is 27.2 Å². The highest BCUT2D eigenvalue weighted by atomic mass is 16.6. The molecule has 1 aliphatic rings. The van der Waals surface area contributed by atoms with Gasteiger partial charge < -0.3 is 14.2 Å². The predicted octanol–water partition coefficient (Wildman–Crippen LogP) is 0.991. The molecule has 1 unspecified atom stereocenters. The van der Waals surface area contributed by atoms with Crippen molar-refractivity contribution in [1.82, 2.24) is 0 Å². The van der Waals surface area contributed by atoms with Crippen molar-refractivity contribution in [3.05, 3.63) is 12.2 Å². The highest BCUT2D eigenvalue weighted by molar-refractivity contribution is 5.87. The largest absolute Gasteiger partial charge is 0.463 e. The smallest absolute Gasteiger partial charge is 0.347 e. The van der Waals surface area contributed by atoms with Gasteiger partial charge >= 0.3 is 17.9 Å². The standard InChI is InChI=1S/C13H18O6/c1-8(2)10(14)18-7-13(3,4)12(16)19-9-5-6-17-11(9)15/h9H,1,5-7H2,2-4H3. The first-order valence-corrected chi connectivity index (χ1v) is 5.94. The number of cyclic esters (lactones) is 1. The number of hydrogen-bond donors (Lipinski definition) is 0. The van der Waals surface area contributed by atoms with E-state index in [4.69, 9.17) is 14.2 Å². The summed E-state index contributed by atoms with van der Waals surface area (Å²) in [5.74, 6) is -1.71. The lowest BCUT2D eigenvalue weighted by molar-refractivity contribution is -0.170. The molecule has 6 nitrogen and oxygen atoms in total. The second-order valence-electron chi connectivity index (χ2n) is 5.09. The molecule has 0 saturated carbocycles. The SMILES string of the molecule is C=C(C)C(=O)OCC(C)(C)C(=O)OC1CCOC1=O. The van der Waals surface area contributed by atoms with Crippen LogP contribution in [0.3, 0.4) is 0 Å². The van der Waals surface area contributed by atoms with Crippen molar-refractivity contribution in [3.8, 4) is 0 Å². The quantitative estimate of drug-likeness (QED) is 0.421. The summed E-state index contributed by atoms with van der Waals surface area (Å²) in [5.41, 5.74) is -0.780. The molecule has 0 N–H and O–H groups in total. The number of rotatable bonds is 5. The molecule has 6 heteroatoms. The second-order valence-corrected chi connectivity index (χ2v) is 5.09. The molecule has 0 amide bonds. The zero-order valence-electron chi connectivity index (χ0n) is 11.4. The molecule has 1 heterocycles. The maximum atomic E-state index is 11.9. The predicted molar refractivity (Wildman–Crippen MR) is 65.0 cm³/mol. The van der Waals surface area contributed by atoms with Crippen molar-refractivity contribution >= 4 is 17.9 Å². The summed E-state index contributed by atoms with van der Waals surface area (Å²) in [6, 6.07) is 0. The van der Waals surface area contributed by atoms with Crippen molar-refractivity contribution in [2.45, 2.75) is 33.3 Å². The fourth-order valence-corrected chi connectivity index (χ4v) is 1.30. The summed E-state index contributed by atoms with van der Waals surface area (Å²) < 4.78 is 14.7. The van der Waals surface area contributed by atoms with Gasteiger partial charge in [0.2, 0.25) is 6.10 Å². The lowest BCUT2D eigenvalue weighted by Crippen LogP contribution is -2.36. The van der Waals surface area contributed by atoms with Crippen molar-refractivity contribution < 1.29 is 28.6 Å². The topological polar surface area (TPSA) is 78.9 Å². The van der Waals surface area contributed by atoms with E-state index >= 15 is 0 Å². The van der Waals surface area contributed by atoms with Crippen LogP contribution in [0.5, 0.6) is 0 Å². The summed E-state index contributed by atoms with van der Waals surface area (Å²) in [6.07, 6.45) is -0.504. The van der Waals surface area contributed by atoms with Crippen LogP contribution in [0.2, 0.25) is 0 Å². The first kappa shape index (κ1) is 15.2. The molecule has 0 radical (unpaired) electrons. The maximum absolute atomic E-state index is 11.9. The molecule has 0 aliphatic carbocycles. The van der Waals surface area contributed by atoms with Crippen LogP contribution in [0.15, 0.2) is 12.2 Å². The van der Waals surface area contributed by atoms with E-state index in [0.717, 1.165) is 0 Å². The Hall–Kier alpha value is -1.85. The summed E-state index contributed by atoms with van der Waals surface area (Å²) in [4.78, 5) is 34.4. The van der Waals surface area contributed by atoms with Crippen LogP contribution in [0.25, 0.3) is 0 Å². The minimum atomic E-state index is -1.03. The Morgan fingerprint density at radius 1 is 1.47 bits per heavy atom. The Morgan fingerprint density at radius 3 is 2.58 bits per heavy atom. The Balaban J connectivity index is 2.51. The molecule has 0 aromatic rings. The van der Waals surface area contributed by atoms with Crippen LogP contribution in [-0.4, -0.2) is 37.2 Å². The fraction of sp³-hybridized carbons (Fsp3) is 0.615. The molecule has 1 saturated heterocycles. The summed E-state index contributed by atoms with van der Waals surface area (Å²) in [5, 5.41) is 0. The molecule has 0 bridgehead atoms. The monoisotopic (exact) mass is 270 g/mol. The number of ether oxygens (including phenoxy) is 3. The van der Waals surface area contributed by atoms with E-state index < -0.39 is 29.4 Å². The van der Waals surface area contributed by atoms with Crippen LogP contribution >= 0.6 is 0 Å². The van der Waals surface area contributed by atoms with Gasteiger partial charge in [-0.2, -0.15) is 0 Å². The zero-order valence-corrected chi connectivity index (χ0v) is 11.4. The summed E-state index contributed by atoms with van der Waals surface area (Å²) in [6.45, 7) is 8.21. The van der Waals surface area contributed by atoms with E-state index in [1.807, 2.05) is 0 Å². The molecule has 106 valence electrons. The molecule has 1 rings (SSSR count). The lowest BCUT2D eigenvalue weighted by Gasteiger charge is -2.23. The second kappa shape index (κ2) is 5.86. The molecule has 1 fully saturated rings. The van der Waals surface area contributed by atoms with Crippen LogP contribution < -0.4 is 0 Å². The van der Waals surface area contributed by atoms with Crippen LogP contribution in [-0.2, 0) is 28.6 Å². The van der Waals surface area contributed by atoms with Gasteiger partial charge in [-0.05, 0) is 20.8 Å². The third kappa shape index (κ3) is 4.08. The van der Waals surface area contributed by atoms with Gasteiger partial charge in [0.25, 0.3) is 0 Å². The van der Waals surface area contributed by atoms with E-state index in [1.165, 1.54) is 6.92 Å². The van der Waals surface area contributed by atoms with Gasteiger partial charge in [-0.3, -0.25) is 4.79 Å². The number of hydrogen-bond acceptors (Lipinski definition) is 6. The molecular formula is C13H18O6. The van der Waals surface area contributed by atoms with Crippen molar-refractivity contribution in [2.24, 2.45) is 5.41 Å². The average Bonchev–Trinajstić information content (AvgIpc) is 2.71. The summed E-state index contributed by atoms with van der Waals surface area (Å²) in [7, 11) is 0. The van der Waals surface area contributed by atoms with Gasteiger partial charge in [0.15, 0.2) is 0 Å². The minimum Gasteiger partial charge on any atom is -0.463 e. The molecular weight excluding hydrogens is 252 g/mol. The Morgan fingerprint density at radius 2 is 2.11 bits per heavy atom. The minimum absolute atomic E-state index is 0.140. The van der Waals surface area contributed by atoms with E-state index in [1.54, 1.807) is 13.8 Å². The third-order valence-electron chi connectivity index (χ3n) is 2.60. The van der Waals surface area contributed by atoms with Gasteiger partial charge in [0.1, 0.15) is 6.61 Å². The Labute approximate surface area is 111 Å².